The molecule has 1 N–H and O–H groups in total. The second-order valence-corrected chi connectivity index (χ2v) is 6.65. The molecule has 0 atom stereocenters. The zero-order chi connectivity index (χ0) is 16.6. The molecule has 3 aromatic rings. The number of thiazole rings is 1. The Balaban J connectivity index is 2.08. The third kappa shape index (κ3) is 3.17. The molecule has 1 aromatic carbocycles. The van der Waals surface area contributed by atoms with Gasteiger partial charge in [-0.1, -0.05) is 17.4 Å². The molecule has 1 amide bonds. The van der Waals surface area contributed by atoms with Crippen molar-refractivity contribution in [3.05, 3.63) is 36.0 Å². The van der Waals surface area contributed by atoms with Crippen LogP contribution in [0.5, 0.6) is 0 Å². The van der Waals surface area contributed by atoms with Crippen molar-refractivity contribution in [1.29, 1.82) is 0 Å². The van der Waals surface area contributed by atoms with E-state index in [9.17, 15) is 4.79 Å². The number of aromatic nitrogens is 2. The Hall–Kier alpha value is -2.47. The summed E-state index contributed by atoms with van der Waals surface area (Å²) in [5.74, 6) is -0.0877. The minimum atomic E-state index is -0.0877. The molecule has 0 aliphatic rings. The molecule has 0 radical (unpaired) electrons. The normalized spacial score (nSPS) is 10.8. The van der Waals surface area contributed by atoms with E-state index in [-0.39, 0.29) is 5.91 Å². The molecule has 6 heteroatoms. The summed E-state index contributed by atoms with van der Waals surface area (Å²) in [6.07, 6.45) is 1.85. The number of anilines is 2. The molecule has 3 rings (SSSR count). The Kier molecular flexibility index (Phi) is 4.00. The highest BCUT2D eigenvalue weighted by Crippen LogP contribution is 2.32. The molecule has 2 heterocycles. The number of rotatable bonds is 3. The van der Waals surface area contributed by atoms with E-state index in [1.807, 2.05) is 43.4 Å². The van der Waals surface area contributed by atoms with Gasteiger partial charge in [0.2, 0.25) is 5.91 Å². The maximum atomic E-state index is 11.2. The van der Waals surface area contributed by atoms with Crippen molar-refractivity contribution in [3.8, 4) is 10.6 Å². The Morgan fingerprint density at radius 2 is 2.04 bits per heavy atom. The average Bonchev–Trinajstić information content (AvgIpc) is 2.96. The first kappa shape index (κ1) is 15.4. The number of hydrogen-bond donors (Lipinski definition) is 1. The van der Waals surface area contributed by atoms with Gasteiger partial charge in [0.25, 0.3) is 0 Å². The van der Waals surface area contributed by atoms with Gasteiger partial charge in [-0.3, -0.25) is 4.79 Å². The monoisotopic (exact) mass is 326 g/mol. The highest BCUT2D eigenvalue weighted by Gasteiger charge is 2.10. The van der Waals surface area contributed by atoms with Crippen molar-refractivity contribution >= 4 is 39.0 Å². The number of hydrogen-bond acceptors (Lipinski definition) is 5. The lowest BCUT2D eigenvalue weighted by Gasteiger charge is -2.08. The predicted octanol–water partition coefficient (Wildman–Crippen LogP) is 3.69. The Morgan fingerprint density at radius 3 is 2.70 bits per heavy atom. The standard InChI is InChI=1S/C17H18N4OS/c1-10-7-15(16-9-18-17(23-16)21(3)4)20-14-8-12(19-11(2)22)5-6-13(10)14/h5-9H,1-4H3,(H,19,22). The summed E-state index contributed by atoms with van der Waals surface area (Å²) in [6, 6.07) is 7.87. The molecule has 0 aliphatic heterocycles. The van der Waals surface area contributed by atoms with Crippen molar-refractivity contribution in [2.24, 2.45) is 0 Å². The minimum Gasteiger partial charge on any atom is -0.354 e. The van der Waals surface area contributed by atoms with Crippen molar-refractivity contribution in [2.45, 2.75) is 13.8 Å². The van der Waals surface area contributed by atoms with E-state index in [0.717, 1.165) is 37.9 Å². The van der Waals surface area contributed by atoms with E-state index in [2.05, 4.69) is 23.3 Å². The number of nitrogens with zero attached hydrogens (tertiary/aromatic N) is 3. The summed E-state index contributed by atoms with van der Waals surface area (Å²) in [7, 11) is 3.95. The number of fused-ring (bicyclic) bond motifs is 1. The van der Waals surface area contributed by atoms with Gasteiger partial charge >= 0.3 is 0 Å². The van der Waals surface area contributed by atoms with Crippen LogP contribution in [0.4, 0.5) is 10.8 Å². The third-order valence-corrected chi connectivity index (χ3v) is 4.65. The van der Waals surface area contributed by atoms with Crippen molar-refractivity contribution in [2.75, 3.05) is 24.3 Å². The van der Waals surface area contributed by atoms with Gasteiger partial charge in [0.15, 0.2) is 5.13 Å². The lowest BCUT2D eigenvalue weighted by molar-refractivity contribution is -0.114. The lowest BCUT2D eigenvalue weighted by atomic mass is 10.1. The molecule has 2 aromatic heterocycles. The van der Waals surface area contributed by atoms with Gasteiger partial charge in [-0.2, -0.15) is 0 Å². The SMILES string of the molecule is CC(=O)Nc1ccc2c(C)cc(-c3cnc(N(C)C)s3)nc2c1. The second kappa shape index (κ2) is 5.96. The zero-order valence-electron chi connectivity index (χ0n) is 13.5. The summed E-state index contributed by atoms with van der Waals surface area (Å²) in [6.45, 7) is 3.57. The fourth-order valence-electron chi connectivity index (χ4n) is 2.40. The first-order valence-electron chi connectivity index (χ1n) is 7.26. The van der Waals surface area contributed by atoms with E-state index in [1.54, 1.807) is 11.3 Å². The number of amides is 1. The van der Waals surface area contributed by atoms with Crippen LogP contribution in [-0.2, 0) is 4.79 Å². The van der Waals surface area contributed by atoms with E-state index in [0.29, 0.717) is 0 Å². The van der Waals surface area contributed by atoms with Crippen molar-refractivity contribution in [3.63, 3.8) is 0 Å². The fraction of sp³-hybridized carbons (Fsp3) is 0.235. The van der Waals surface area contributed by atoms with Crippen LogP contribution >= 0.6 is 11.3 Å². The van der Waals surface area contributed by atoms with Gasteiger partial charge in [-0.15, -0.1) is 0 Å². The Morgan fingerprint density at radius 1 is 1.26 bits per heavy atom. The second-order valence-electron chi connectivity index (χ2n) is 5.64. The third-order valence-electron chi connectivity index (χ3n) is 3.47. The fourth-order valence-corrected chi connectivity index (χ4v) is 3.20. The molecular weight excluding hydrogens is 308 g/mol. The Bertz CT molecular complexity index is 885. The average molecular weight is 326 g/mol. The number of carbonyl (C=O) groups is 1. The van der Waals surface area contributed by atoms with Crippen LogP contribution in [0.25, 0.3) is 21.5 Å². The van der Waals surface area contributed by atoms with E-state index >= 15 is 0 Å². The molecule has 0 bridgehead atoms. The first-order chi connectivity index (χ1) is 10.9. The van der Waals surface area contributed by atoms with Gasteiger partial charge in [0, 0.05) is 38.3 Å². The predicted molar refractivity (Wildman–Crippen MR) is 96.2 cm³/mol. The molecular formula is C17H18N4OS. The maximum absolute atomic E-state index is 11.2. The van der Waals surface area contributed by atoms with E-state index in [1.165, 1.54) is 6.92 Å². The molecule has 0 fully saturated rings. The van der Waals surface area contributed by atoms with Crippen LogP contribution in [0.1, 0.15) is 12.5 Å². The topological polar surface area (TPSA) is 58.1 Å². The molecule has 0 saturated carbocycles. The molecule has 0 saturated heterocycles. The van der Waals surface area contributed by atoms with Crippen LogP contribution in [0, 0.1) is 6.92 Å². The summed E-state index contributed by atoms with van der Waals surface area (Å²) < 4.78 is 0. The van der Waals surface area contributed by atoms with Gasteiger partial charge in [0.05, 0.1) is 16.1 Å². The quantitative estimate of drug-likeness (QED) is 0.797. The van der Waals surface area contributed by atoms with Gasteiger partial charge in [0.1, 0.15) is 0 Å². The van der Waals surface area contributed by atoms with Crippen LogP contribution in [-0.4, -0.2) is 30.0 Å². The molecule has 0 aliphatic carbocycles. The largest absolute Gasteiger partial charge is 0.354 e. The van der Waals surface area contributed by atoms with Gasteiger partial charge in [-0.05, 0) is 30.7 Å². The van der Waals surface area contributed by atoms with Crippen LogP contribution in [0.2, 0.25) is 0 Å². The highest BCUT2D eigenvalue weighted by molar-refractivity contribution is 7.18. The van der Waals surface area contributed by atoms with E-state index < -0.39 is 0 Å². The van der Waals surface area contributed by atoms with Crippen molar-refractivity contribution < 1.29 is 4.79 Å². The number of benzene rings is 1. The van der Waals surface area contributed by atoms with Crippen LogP contribution in [0.15, 0.2) is 30.5 Å². The van der Waals surface area contributed by atoms with Crippen molar-refractivity contribution in [1.82, 2.24) is 9.97 Å². The lowest BCUT2D eigenvalue weighted by Crippen LogP contribution is -2.07. The Labute approximate surface area is 139 Å². The molecule has 5 nitrogen and oxygen atoms in total. The summed E-state index contributed by atoms with van der Waals surface area (Å²) in [4.78, 5) is 23.4. The first-order valence-corrected chi connectivity index (χ1v) is 8.08. The zero-order valence-corrected chi connectivity index (χ0v) is 14.4. The molecule has 118 valence electrons. The number of carbonyl (C=O) groups excluding carboxylic acids is 1. The molecule has 0 unspecified atom stereocenters. The highest BCUT2D eigenvalue weighted by atomic mass is 32.1. The summed E-state index contributed by atoms with van der Waals surface area (Å²) >= 11 is 1.61. The summed E-state index contributed by atoms with van der Waals surface area (Å²) in [5, 5.41) is 4.83. The van der Waals surface area contributed by atoms with Crippen LogP contribution < -0.4 is 10.2 Å². The number of pyridine rings is 1. The minimum absolute atomic E-state index is 0.0877. The molecule has 0 spiro atoms. The van der Waals surface area contributed by atoms with Gasteiger partial charge < -0.3 is 10.2 Å². The number of aryl methyl sites for hydroxylation is 1. The smallest absolute Gasteiger partial charge is 0.221 e. The number of nitrogens with one attached hydrogen (secondary N) is 1. The summed E-state index contributed by atoms with van der Waals surface area (Å²) in [5.41, 5.74) is 3.68. The van der Waals surface area contributed by atoms with Gasteiger partial charge in [-0.25, -0.2) is 9.97 Å². The molecule has 23 heavy (non-hydrogen) atoms. The maximum Gasteiger partial charge on any atom is 0.221 e. The van der Waals surface area contributed by atoms with Crippen LogP contribution in [0.3, 0.4) is 0 Å². The van der Waals surface area contributed by atoms with E-state index in [4.69, 9.17) is 4.98 Å².